The molecule has 39 heavy (non-hydrogen) atoms. The van der Waals surface area contributed by atoms with Crippen LogP contribution in [0.4, 0.5) is 5.69 Å². The van der Waals surface area contributed by atoms with Crippen molar-refractivity contribution in [2.24, 2.45) is 5.92 Å². The molecular weight excluding hydrogens is 504 g/mol. The molecule has 10 heteroatoms. The lowest BCUT2D eigenvalue weighted by Crippen LogP contribution is -2.35. The number of aliphatic hydroxyl groups is 4. The van der Waals surface area contributed by atoms with Crippen molar-refractivity contribution in [3.05, 3.63) is 55.6 Å². The number of amides is 2. The van der Waals surface area contributed by atoms with Gasteiger partial charge < -0.3 is 29.9 Å². The maximum atomic E-state index is 12.1. The minimum absolute atomic E-state index is 0.0278. The quantitative estimate of drug-likeness (QED) is 0.158. The number of hydrogen-bond acceptors (Lipinski definition) is 8. The van der Waals surface area contributed by atoms with Crippen LogP contribution in [-0.4, -0.2) is 85.1 Å². The molecular formula is C29H54N2O8. The number of hydrogen-bond donors (Lipinski definition) is 5. The molecule has 228 valence electrons. The first-order chi connectivity index (χ1) is 18.8. The molecule has 1 atom stereocenters. The Kier molecular flexibility index (Phi) is 41.8. The summed E-state index contributed by atoms with van der Waals surface area (Å²) < 4.78 is 9.47. The minimum Gasteiger partial charge on any atom is -0.394 e. The summed E-state index contributed by atoms with van der Waals surface area (Å²) in [6, 6.07) is 9.17. The van der Waals surface area contributed by atoms with E-state index in [2.05, 4.69) is 23.3 Å². The number of para-hydroxylation sites is 1. The van der Waals surface area contributed by atoms with Crippen LogP contribution in [0.2, 0.25) is 0 Å². The number of anilines is 1. The highest BCUT2D eigenvalue weighted by atomic mass is 16.5. The van der Waals surface area contributed by atoms with Crippen LogP contribution in [-0.2, 0) is 19.1 Å². The van der Waals surface area contributed by atoms with E-state index in [0.717, 1.165) is 26.1 Å². The van der Waals surface area contributed by atoms with Crippen LogP contribution in [0.3, 0.4) is 0 Å². The molecule has 1 saturated heterocycles. The zero-order valence-corrected chi connectivity index (χ0v) is 24.7. The van der Waals surface area contributed by atoms with Crippen LogP contribution in [0.1, 0.15) is 53.9 Å². The maximum Gasteiger partial charge on any atom is 0.258 e. The lowest BCUT2D eigenvalue weighted by molar-refractivity contribution is -0.127. The van der Waals surface area contributed by atoms with Crippen molar-refractivity contribution in [1.29, 1.82) is 0 Å². The highest BCUT2D eigenvalue weighted by Crippen LogP contribution is 2.22. The summed E-state index contributed by atoms with van der Waals surface area (Å²) in [5.74, 6) is -0.850. The molecule has 1 aliphatic heterocycles. The summed E-state index contributed by atoms with van der Waals surface area (Å²) in [7, 11) is 0. The second-order valence-corrected chi connectivity index (χ2v) is 7.28. The Hall–Kier alpha value is -2.60. The molecule has 1 aliphatic rings. The Balaban J connectivity index is -0.000000231. The Labute approximate surface area is 235 Å². The lowest BCUT2D eigenvalue weighted by Gasteiger charge is -2.14. The molecule has 0 spiro atoms. The number of nitrogens with one attached hydrogen (secondary N) is 1. The van der Waals surface area contributed by atoms with Crippen molar-refractivity contribution in [2.45, 2.75) is 53.9 Å². The third-order valence-electron chi connectivity index (χ3n) is 3.90. The molecule has 0 bridgehead atoms. The third-order valence-corrected chi connectivity index (χ3v) is 3.90. The summed E-state index contributed by atoms with van der Waals surface area (Å²) in [6.07, 6.45) is 6.01. The van der Waals surface area contributed by atoms with Gasteiger partial charge in [-0.3, -0.25) is 15.0 Å². The molecule has 1 fully saturated rings. The third kappa shape index (κ3) is 29.8. The van der Waals surface area contributed by atoms with Crippen molar-refractivity contribution in [3.63, 3.8) is 0 Å². The number of rotatable bonds is 11. The first-order valence-corrected chi connectivity index (χ1v) is 13.2. The number of unbranched alkanes of at least 4 members (excludes halogenated alkanes) is 1. The number of allylic oxidation sites excluding steroid dienone is 2. The molecule has 10 nitrogen and oxygen atoms in total. The molecule has 1 aromatic rings. The van der Waals surface area contributed by atoms with Gasteiger partial charge in [0.05, 0.1) is 45.3 Å². The van der Waals surface area contributed by atoms with E-state index in [1.807, 2.05) is 52.8 Å². The van der Waals surface area contributed by atoms with Crippen LogP contribution in [0.25, 0.3) is 0 Å². The summed E-state index contributed by atoms with van der Waals surface area (Å²) in [6.45, 7) is 18.7. The first-order valence-electron chi connectivity index (χ1n) is 13.2. The summed E-state index contributed by atoms with van der Waals surface area (Å²) >= 11 is 0. The fourth-order valence-corrected chi connectivity index (χ4v) is 2.38. The topological polar surface area (TPSA) is 149 Å². The lowest BCUT2D eigenvalue weighted by atomic mass is 10.0. The zero-order chi connectivity index (χ0) is 30.7. The van der Waals surface area contributed by atoms with Gasteiger partial charge in [0.25, 0.3) is 11.8 Å². The fraction of sp³-hybridized carbons (Fsp3) is 0.586. The molecule has 0 aliphatic carbocycles. The van der Waals surface area contributed by atoms with Crippen molar-refractivity contribution >= 4 is 17.5 Å². The van der Waals surface area contributed by atoms with Gasteiger partial charge in [-0.25, -0.2) is 5.01 Å². The second-order valence-electron chi connectivity index (χ2n) is 7.28. The summed E-state index contributed by atoms with van der Waals surface area (Å²) in [5, 5.41) is 32.8. The number of benzene rings is 1. The largest absolute Gasteiger partial charge is 0.394 e. The van der Waals surface area contributed by atoms with Gasteiger partial charge >= 0.3 is 0 Å². The van der Waals surface area contributed by atoms with Gasteiger partial charge in [0.2, 0.25) is 0 Å². The highest BCUT2D eigenvalue weighted by molar-refractivity contribution is 6.14. The Bertz CT molecular complexity index is 646. The van der Waals surface area contributed by atoms with Crippen LogP contribution in [0, 0.1) is 5.92 Å². The smallest absolute Gasteiger partial charge is 0.258 e. The van der Waals surface area contributed by atoms with E-state index in [1.54, 1.807) is 24.3 Å². The molecule has 1 unspecified atom stereocenters. The van der Waals surface area contributed by atoms with Gasteiger partial charge in [0, 0.05) is 13.2 Å². The molecule has 2 amide bonds. The van der Waals surface area contributed by atoms with Gasteiger partial charge in [-0.05, 0) is 46.2 Å². The normalized spacial score (nSPS) is 12.7. The molecule has 1 aromatic carbocycles. The minimum atomic E-state index is -0.518. The standard InChI is InChI=1S/C13H16N2O2.C4H10O3.C4H10O.2C3H6.C2H6O2/c1-2-3-9-11-12(16)14-15(13(11)17)10-7-5-4-6-8-10;5-1-3-7-4-2-6;1-3-5-4-2;2*1-3-2;3-1-2-4/h4-8,11H,2-3,9H2,1H3,(H,14,16);5-6H,1-4H2;3-4H2,1-2H3;2*3H,1H2,2H3;3-4H,1-2H2. The SMILES string of the molecule is C=CC.C=CC.CCCCC1C(=O)NN(c2ccccc2)C1=O.CCOCC.OCCO.OCCOCCO. The van der Waals surface area contributed by atoms with E-state index in [-0.39, 0.29) is 38.2 Å². The summed E-state index contributed by atoms with van der Waals surface area (Å²) in [4.78, 5) is 23.8. The number of ether oxygens (including phenoxy) is 2. The number of nitrogens with zero attached hydrogens (tertiary/aromatic N) is 1. The van der Waals surface area contributed by atoms with Crippen molar-refractivity contribution in [3.8, 4) is 0 Å². The van der Waals surface area contributed by atoms with E-state index in [0.29, 0.717) is 25.3 Å². The maximum absolute atomic E-state index is 12.1. The predicted octanol–water partition coefficient (Wildman–Crippen LogP) is 3.26. The molecule has 0 radical (unpaired) electrons. The van der Waals surface area contributed by atoms with E-state index in [4.69, 9.17) is 25.2 Å². The zero-order valence-electron chi connectivity index (χ0n) is 24.7. The van der Waals surface area contributed by atoms with Gasteiger partial charge in [0.15, 0.2) is 0 Å². The van der Waals surface area contributed by atoms with Crippen molar-refractivity contribution < 1.29 is 39.5 Å². The molecule has 1 heterocycles. The van der Waals surface area contributed by atoms with Crippen molar-refractivity contribution in [1.82, 2.24) is 5.43 Å². The van der Waals surface area contributed by atoms with Crippen molar-refractivity contribution in [2.75, 3.05) is 57.9 Å². The Morgan fingerprint density at radius 3 is 1.64 bits per heavy atom. The van der Waals surface area contributed by atoms with Gasteiger partial charge in [0.1, 0.15) is 5.92 Å². The van der Waals surface area contributed by atoms with Gasteiger partial charge in [-0.1, -0.05) is 50.1 Å². The highest BCUT2D eigenvalue weighted by Gasteiger charge is 2.39. The van der Waals surface area contributed by atoms with Gasteiger partial charge in [-0.15, -0.1) is 13.2 Å². The van der Waals surface area contributed by atoms with E-state index in [9.17, 15) is 9.59 Å². The average molecular weight is 559 g/mol. The Morgan fingerprint density at radius 1 is 0.846 bits per heavy atom. The van der Waals surface area contributed by atoms with E-state index in [1.165, 1.54) is 5.01 Å². The number of carbonyl (C=O) groups is 2. The van der Waals surface area contributed by atoms with E-state index >= 15 is 0 Å². The van der Waals surface area contributed by atoms with Crippen LogP contribution >= 0.6 is 0 Å². The Morgan fingerprint density at radius 2 is 1.31 bits per heavy atom. The molecule has 5 N–H and O–H groups in total. The van der Waals surface area contributed by atoms with Crippen LogP contribution < -0.4 is 10.4 Å². The van der Waals surface area contributed by atoms with Gasteiger partial charge in [-0.2, -0.15) is 0 Å². The van der Waals surface area contributed by atoms with E-state index < -0.39 is 5.92 Å². The first kappa shape index (κ1) is 43.5. The molecule has 0 aromatic heterocycles. The molecule has 0 saturated carbocycles. The summed E-state index contributed by atoms with van der Waals surface area (Å²) in [5.41, 5.74) is 3.34. The van der Waals surface area contributed by atoms with Crippen LogP contribution in [0.15, 0.2) is 55.6 Å². The fourth-order valence-electron chi connectivity index (χ4n) is 2.38. The average Bonchev–Trinajstić information content (AvgIpc) is 3.23. The number of aliphatic hydroxyl groups excluding tert-OH is 4. The molecule has 2 rings (SSSR count). The predicted molar refractivity (Wildman–Crippen MR) is 158 cm³/mol. The number of hydrazine groups is 1. The van der Waals surface area contributed by atoms with Crippen LogP contribution in [0.5, 0.6) is 0 Å². The second kappa shape index (κ2) is 37.6. The monoisotopic (exact) mass is 558 g/mol. The number of carbonyl (C=O) groups excluding carboxylic acids is 2.